The Morgan fingerprint density at radius 3 is 2.77 bits per heavy atom. The molecule has 0 bridgehead atoms. The number of hydrogen-bond acceptors (Lipinski definition) is 2. The molecule has 3 aliphatic carbocycles. The highest BCUT2D eigenvalue weighted by molar-refractivity contribution is 5.42. The Hall–Kier alpha value is -1.02. The number of phenolic OH excluding ortho intramolecular Hbond substituents is 1. The third-order valence-corrected chi connectivity index (χ3v) is 7.35. The fourth-order valence-electron chi connectivity index (χ4n) is 6.07. The zero-order chi connectivity index (χ0) is 15.5. The first kappa shape index (κ1) is 14.6. The molecule has 2 N–H and O–H groups in total. The average molecular weight is 300 g/mol. The molecule has 6 atom stereocenters. The molecule has 2 fully saturated rings. The van der Waals surface area contributed by atoms with Crippen LogP contribution in [-0.4, -0.2) is 16.3 Å². The minimum Gasteiger partial charge on any atom is -0.508 e. The first-order chi connectivity index (χ1) is 10.5. The van der Waals surface area contributed by atoms with Crippen LogP contribution in [0.4, 0.5) is 0 Å². The summed E-state index contributed by atoms with van der Waals surface area (Å²) in [6.07, 6.45) is 6.82. The first-order valence-corrected chi connectivity index (χ1v) is 9.05. The Morgan fingerprint density at radius 1 is 1.18 bits per heavy atom. The summed E-state index contributed by atoms with van der Waals surface area (Å²) in [5.41, 5.74) is 3.03. The number of rotatable bonds is 1. The summed E-state index contributed by atoms with van der Waals surface area (Å²) in [4.78, 5) is 0. The molecule has 0 aliphatic heterocycles. The normalized spacial score (nSPS) is 43.3. The Balaban J connectivity index is 1.76. The van der Waals surface area contributed by atoms with Crippen LogP contribution in [0.15, 0.2) is 18.2 Å². The van der Waals surface area contributed by atoms with Gasteiger partial charge in [0.2, 0.25) is 0 Å². The van der Waals surface area contributed by atoms with Crippen LogP contribution in [-0.2, 0) is 0 Å². The summed E-state index contributed by atoms with van der Waals surface area (Å²) in [5, 5.41) is 20.4. The quantitative estimate of drug-likeness (QED) is 0.798. The van der Waals surface area contributed by atoms with Crippen molar-refractivity contribution in [3.63, 3.8) is 0 Å². The number of phenols is 1. The molecule has 0 saturated heterocycles. The van der Waals surface area contributed by atoms with Crippen molar-refractivity contribution in [1.29, 1.82) is 0 Å². The van der Waals surface area contributed by atoms with Crippen LogP contribution >= 0.6 is 0 Å². The van der Waals surface area contributed by atoms with E-state index >= 15 is 0 Å². The number of aromatic hydroxyl groups is 1. The van der Waals surface area contributed by atoms with Crippen molar-refractivity contribution in [3.05, 3.63) is 29.3 Å². The third kappa shape index (κ3) is 1.89. The highest BCUT2D eigenvalue weighted by atomic mass is 16.3. The predicted octanol–water partition coefficient (Wildman–Crippen LogP) is 4.56. The van der Waals surface area contributed by atoms with Crippen molar-refractivity contribution >= 4 is 0 Å². The second-order valence-electron chi connectivity index (χ2n) is 8.17. The van der Waals surface area contributed by atoms with Gasteiger partial charge < -0.3 is 10.2 Å². The first-order valence-electron chi connectivity index (χ1n) is 9.05. The van der Waals surface area contributed by atoms with Gasteiger partial charge in [0.1, 0.15) is 5.75 Å². The summed E-state index contributed by atoms with van der Waals surface area (Å²) in [6, 6.07) is 6.06. The Kier molecular flexibility index (Phi) is 3.30. The molecule has 2 saturated carbocycles. The van der Waals surface area contributed by atoms with E-state index in [9.17, 15) is 10.2 Å². The lowest BCUT2D eigenvalue weighted by Crippen LogP contribution is -2.44. The van der Waals surface area contributed by atoms with Gasteiger partial charge in [-0.1, -0.05) is 19.9 Å². The molecule has 1 aromatic rings. The minimum absolute atomic E-state index is 0.0975. The highest BCUT2D eigenvalue weighted by Crippen LogP contribution is 2.62. The molecule has 0 heterocycles. The van der Waals surface area contributed by atoms with Gasteiger partial charge in [0.25, 0.3) is 0 Å². The van der Waals surface area contributed by atoms with Crippen LogP contribution in [0.1, 0.15) is 75.3 Å². The van der Waals surface area contributed by atoms with Gasteiger partial charge in [0, 0.05) is 0 Å². The van der Waals surface area contributed by atoms with Crippen LogP contribution < -0.4 is 0 Å². The summed E-state index contributed by atoms with van der Waals surface area (Å²) in [5.74, 6) is 3.02. The van der Waals surface area contributed by atoms with Crippen LogP contribution in [0.5, 0.6) is 5.75 Å². The van der Waals surface area contributed by atoms with E-state index in [2.05, 4.69) is 19.9 Å². The van der Waals surface area contributed by atoms with Crippen LogP contribution in [0, 0.1) is 17.3 Å². The lowest BCUT2D eigenvalue weighted by atomic mass is 9.54. The maximum atomic E-state index is 10.5. The molecule has 2 heteroatoms. The maximum absolute atomic E-state index is 10.5. The van der Waals surface area contributed by atoms with Gasteiger partial charge in [-0.2, -0.15) is 0 Å². The molecule has 120 valence electrons. The second kappa shape index (κ2) is 4.99. The molecule has 4 rings (SSSR count). The number of fused-ring (bicyclic) bond motifs is 5. The molecule has 22 heavy (non-hydrogen) atoms. The molecule has 0 spiro atoms. The Bertz CT molecular complexity index is 581. The Labute approximate surface area is 133 Å². The zero-order valence-corrected chi connectivity index (χ0v) is 13.8. The third-order valence-electron chi connectivity index (χ3n) is 7.35. The van der Waals surface area contributed by atoms with Gasteiger partial charge in [-0.3, -0.25) is 0 Å². The van der Waals surface area contributed by atoms with E-state index in [0.717, 1.165) is 25.2 Å². The van der Waals surface area contributed by atoms with Gasteiger partial charge in [-0.15, -0.1) is 0 Å². The van der Waals surface area contributed by atoms with E-state index in [1.165, 1.54) is 30.4 Å². The SMILES string of the molecule is CC[C@H]1C[C@@H]2[C@H](CC[C@]3(C)[C@@H](O)CC[C@@H]23)c2ccc(O)cc21. The number of hydrogen-bond donors (Lipinski definition) is 2. The molecular weight excluding hydrogens is 272 g/mol. The van der Waals surface area contributed by atoms with E-state index in [-0.39, 0.29) is 11.5 Å². The van der Waals surface area contributed by atoms with E-state index < -0.39 is 0 Å². The fraction of sp³-hybridized carbons (Fsp3) is 0.700. The highest BCUT2D eigenvalue weighted by Gasteiger charge is 2.55. The van der Waals surface area contributed by atoms with Crippen molar-refractivity contribution in [1.82, 2.24) is 0 Å². The zero-order valence-electron chi connectivity index (χ0n) is 13.8. The van der Waals surface area contributed by atoms with E-state index in [0.29, 0.717) is 23.5 Å². The van der Waals surface area contributed by atoms with Crippen molar-refractivity contribution in [3.8, 4) is 5.75 Å². The van der Waals surface area contributed by atoms with Crippen LogP contribution in [0.2, 0.25) is 0 Å². The molecule has 1 aromatic carbocycles. The number of aliphatic hydroxyl groups is 1. The predicted molar refractivity (Wildman–Crippen MR) is 88.1 cm³/mol. The van der Waals surface area contributed by atoms with Crippen LogP contribution in [0.3, 0.4) is 0 Å². The van der Waals surface area contributed by atoms with Crippen molar-refractivity contribution < 1.29 is 10.2 Å². The molecule has 3 aliphatic rings. The fourth-order valence-corrected chi connectivity index (χ4v) is 6.07. The summed E-state index contributed by atoms with van der Waals surface area (Å²) >= 11 is 0. The Morgan fingerprint density at radius 2 is 2.00 bits per heavy atom. The molecule has 0 amide bonds. The molecule has 0 aromatic heterocycles. The molecule has 0 unspecified atom stereocenters. The average Bonchev–Trinajstić information content (AvgIpc) is 2.82. The van der Waals surface area contributed by atoms with Crippen molar-refractivity contribution in [2.24, 2.45) is 17.3 Å². The van der Waals surface area contributed by atoms with E-state index in [1.54, 1.807) is 0 Å². The smallest absolute Gasteiger partial charge is 0.115 e. The molecule has 0 radical (unpaired) electrons. The topological polar surface area (TPSA) is 40.5 Å². The van der Waals surface area contributed by atoms with Crippen molar-refractivity contribution in [2.75, 3.05) is 0 Å². The monoisotopic (exact) mass is 300 g/mol. The van der Waals surface area contributed by atoms with Gasteiger partial charge in [-0.05, 0) is 90.9 Å². The summed E-state index contributed by atoms with van der Waals surface area (Å²) < 4.78 is 0. The molecular formula is C20H28O2. The van der Waals surface area contributed by atoms with Gasteiger partial charge in [0.05, 0.1) is 6.10 Å². The number of aliphatic hydroxyl groups excluding tert-OH is 1. The largest absolute Gasteiger partial charge is 0.508 e. The summed E-state index contributed by atoms with van der Waals surface area (Å²) in [7, 11) is 0. The lowest BCUT2D eigenvalue weighted by molar-refractivity contribution is -0.0250. The standard InChI is InChI=1S/C20H28O2/c1-3-12-10-17-15(14-5-4-13(21)11-16(12)14)8-9-20(2)18(17)6-7-19(20)22/h4-5,11-12,15,17-19,21-22H,3,6-10H2,1-2H3/t12-,15+,17+,18-,19-,20-/m0/s1. The summed E-state index contributed by atoms with van der Waals surface area (Å²) in [6.45, 7) is 4.60. The van der Waals surface area contributed by atoms with Gasteiger partial charge in [-0.25, -0.2) is 0 Å². The minimum atomic E-state index is -0.0975. The van der Waals surface area contributed by atoms with E-state index in [4.69, 9.17) is 0 Å². The van der Waals surface area contributed by atoms with Crippen molar-refractivity contribution in [2.45, 2.75) is 70.3 Å². The van der Waals surface area contributed by atoms with Gasteiger partial charge >= 0.3 is 0 Å². The van der Waals surface area contributed by atoms with Gasteiger partial charge in [0.15, 0.2) is 0 Å². The second-order valence-corrected chi connectivity index (χ2v) is 8.17. The van der Waals surface area contributed by atoms with E-state index in [1.807, 2.05) is 12.1 Å². The number of benzene rings is 1. The lowest BCUT2D eigenvalue weighted by Gasteiger charge is -2.51. The van der Waals surface area contributed by atoms with Crippen LogP contribution in [0.25, 0.3) is 0 Å². The maximum Gasteiger partial charge on any atom is 0.115 e. The molecule has 2 nitrogen and oxygen atoms in total.